The van der Waals surface area contributed by atoms with Crippen LogP contribution in [0.4, 0.5) is 10.1 Å². The molecule has 0 spiro atoms. The van der Waals surface area contributed by atoms with Crippen molar-refractivity contribution in [2.75, 3.05) is 29.5 Å². The fourth-order valence-corrected chi connectivity index (χ4v) is 4.87. The number of hydrogen-bond acceptors (Lipinski definition) is 3. The molecule has 112 valence electrons. The van der Waals surface area contributed by atoms with Crippen molar-refractivity contribution in [1.82, 2.24) is 0 Å². The molecule has 20 heavy (non-hydrogen) atoms. The van der Waals surface area contributed by atoms with Gasteiger partial charge in [-0.25, -0.2) is 4.39 Å². The topological polar surface area (TPSA) is 29.3 Å². The maximum atomic E-state index is 13.5. The summed E-state index contributed by atoms with van der Waals surface area (Å²) >= 11 is 1.96. The number of likely N-dealkylation sites (N-methyl/N-ethyl adjacent to an activating group) is 1. The predicted molar refractivity (Wildman–Crippen MR) is 86.9 cm³/mol. The third-order valence-corrected chi connectivity index (χ3v) is 5.79. The maximum absolute atomic E-state index is 13.5. The molecule has 0 aromatic heterocycles. The van der Waals surface area contributed by atoms with E-state index < -0.39 is 0 Å². The SMILES string of the molecule is CCN(c1cccc(F)c1)C1(CN)CSCC(C)(C)C1. The number of benzene rings is 1. The third-order valence-electron chi connectivity index (χ3n) is 4.06. The lowest BCUT2D eigenvalue weighted by atomic mass is 9.78. The Hall–Kier alpha value is -0.740. The van der Waals surface area contributed by atoms with Gasteiger partial charge in [0.2, 0.25) is 0 Å². The van der Waals surface area contributed by atoms with Crippen LogP contribution >= 0.6 is 11.8 Å². The zero-order valence-corrected chi connectivity index (χ0v) is 13.5. The Morgan fingerprint density at radius 2 is 2.10 bits per heavy atom. The van der Waals surface area contributed by atoms with Crippen LogP contribution in [-0.2, 0) is 0 Å². The number of nitrogens with two attached hydrogens (primary N) is 1. The highest BCUT2D eigenvalue weighted by molar-refractivity contribution is 7.99. The first-order chi connectivity index (χ1) is 9.42. The smallest absolute Gasteiger partial charge is 0.125 e. The van der Waals surface area contributed by atoms with E-state index in [9.17, 15) is 4.39 Å². The van der Waals surface area contributed by atoms with Crippen LogP contribution in [0.5, 0.6) is 0 Å². The molecule has 1 aromatic rings. The highest BCUT2D eigenvalue weighted by Gasteiger charge is 2.43. The molecule has 1 aliphatic heterocycles. The molecule has 0 aliphatic carbocycles. The molecule has 1 fully saturated rings. The van der Waals surface area contributed by atoms with E-state index in [4.69, 9.17) is 5.73 Å². The van der Waals surface area contributed by atoms with Crippen LogP contribution in [0.25, 0.3) is 0 Å². The highest BCUT2D eigenvalue weighted by Crippen LogP contribution is 2.43. The van der Waals surface area contributed by atoms with E-state index in [1.807, 2.05) is 17.8 Å². The zero-order valence-electron chi connectivity index (χ0n) is 12.7. The first kappa shape index (κ1) is 15.6. The Morgan fingerprint density at radius 1 is 1.35 bits per heavy atom. The second-order valence-electron chi connectivity index (χ2n) is 6.49. The van der Waals surface area contributed by atoms with Gasteiger partial charge in [-0.15, -0.1) is 0 Å². The van der Waals surface area contributed by atoms with Gasteiger partial charge in [0.15, 0.2) is 0 Å². The Kier molecular flexibility index (Phi) is 4.65. The monoisotopic (exact) mass is 296 g/mol. The molecule has 4 heteroatoms. The molecule has 0 saturated carbocycles. The average molecular weight is 296 g/mol. The lowest BCUT2D eigenvalue weighted by Crippen LogP contribution is -2.60. The summed E-state index contributed by atoms with van der Waals surface area (Å²) in [5.74, 6) is 1.99. The van der Waals surface area contributed by atoms with E-state index in [1.54, 1.807) is 12.1 Å². The van der Waals surface area contributed by atoms with Crippen molar-refractivity contribution in [1.29, 1.82) is 0 Å². The molecular formula is C16H25FN2S. The van der Waals surface area contributed by atoms with E-state index in [0.29, 0.717) is 6.54 Å². The summed E-state index contributed by atoms with van der Waals surface area (Å²) in [6, 6.07) is 6.87. The second-order valence-corrected chi connectivity index (χ2v) is 7.47. The zero-order chi connectivity index (χ0) is 14.8. The molecule has 1 unspecified atom stereocenters. The molecule has 0 radical (unpaired) electrons. The number of anilines is 1. The summed E-state index contributed by atoms with van der Waals surface area (Å²) in [4.78, 5) is 2.30. The normalized spacial score (nSPS) is 25.4. The summed E-state index contributed by atoms with van der Waals surface area (Å²) in [6.45, 7) is 8.16. The first-order valence-corrected chi connectivity index (χ1v) is 8.39. The minimum atomic E-state index is -0.184. The summed E-state index contributed by atoms with van der Waals surface area (Å²) in [5, 5.41) is 0. The minimum absolute atomic E-state index is 0.0744. The highest BCUT2D eigenvalue weighted by atomic mass is 32.2. The molecule has 1 aliphatic rings. The van der Waals surface area contributed by atoms with Crippen molar-refractivity contribution in [2.24, 2.45) is 11.1 Å². The van der Waals surface area contributed by atoms with Gasteiger partial charge in [0.1, 0.15) is 5.82 Å². The van der Waals surface area contributed by atoms with Crippen molar-refractivity contribution in [3.8, 4) is 0 Å². The lowest BCUT2D eigenvalue weighted by molar-refractivity contribution is 0.260. The van der Waals surface area contributed by atoms with E-state index in [-0.39, 0.29) is 16.8 Å². The number of halogens is 1. The van der Waals surface area contributed by atoms with Crippen molar-refractivity contribution in [2.45, 2.75) is 32.7 Å². The van der Waals surface area contributed by atoms with Crippen molar-refractivity contribution >= 4 is 17.4 Å². The molecule has 2 nitrogen and oxygen atoms in total. The van der Waals surface area contributed by atoms with Crippen LogP contribution in [-0.4, -0.2) is 30.1 Å². The summed E-state index contributed by atoms with van der Waals surface area (Å²) in [6.07, 6.45) is 1.05. The van der Waals surface area contributed by atoms with E-state index in [0.717, 1.165) is 30.2 Å². The average Bonchev–Trinajstić information content (AvgIpc) is 2.38. The maximum Gasteiger partial charge on any atom is 0.125 e. The second kappa shape index (κ2) is 5.94. The Bertz CT molecular complexity index is 464. The fourth-order valence-electron chi connectivity index (χ4n) is 3.36. The number of rotatable bonds is 4. The molecule has 1 atom stereocenters. The minimum Gasteiger partial charge on any atom is -0.364 e. The van der Waals surface area contributed by atoms with Crippen LogP contribution in [0.2, 0.25) is 0 Å². The summed E-state index contributed by atoms with van der Waals surface area (Å²) < 4.78 is 13.5. The van der Waals surface area contributed by atoms with Crippen molar-refractivity contribution < 1.29 is 4.39 Å². The summed E-state index contributed by atoms with van der Waals surface area (Å²) in [7, 11) is 0. The first-order valence-electron chi connectivity index (χ1n) is 7.23. The molecule has 1 heterocycles. The van der Waals surface area contributed by atoms with Crippen LogP contribution in [0.15, 0.2) is 24.3 Å². The van der Waals surface area contributed by atoms with Gasteiger partial charge in [0.25, 0.3) is 0 Å². The lowest BCUT2D eigenvalue weighted by Gasteiger charge is -2.51. The van der Waals surface area contributed by atoms with Gasteiger partial charge >= 0.3 is 0 Å². The van der Waals surface area contributed by atoms with Crippen LogP contribution in [0.3, 0.4) is 0 Å². The van der Waals surface area contributed by atoms with E-state index >= 15 is 0 Å². The summed E-state index contributed by atoms with van der Waals surface area (Å²) in [5.41, 5.74) is 7.30. The molecule has 2 N–H and O–H groups in total. The van der Waals surface area contributed by atoms with Crippen LogP contribution in [0.1, 0.15) is 27.2 Å². The Balaban J connectivity index is 2.37. The molecule has 1 saturated heterocycles. The largest absolute Gasteiger partial charge is 0.364 e. The van der Waals surface area contributed by atoms with Gasteiger partial charge in [0, 0.05) is 24.5 Å². The van der Waals surface area contributed by atoms with Crippen molar-refractivity contribution in [3.63, 3.8) is 0 Å². The van der Waals surface area contributed by atoms with Gasteiger partial charge < -0.3 is 10.6 Å². The van der Waals surface area contributed by atoms with Crippen molar-refractivity contribution in [3.05, 3.63) is 30.1 Å². The molecule has 1 aromatic carbocycles. The standard InChI is InChI=1S/C16H25FN2S/c1-4-19(14-7-5-6-13(17)8-14)16(10-18)9-15(2,3)11-20-12-16/h5-8H,4,9-12,18H2,1-3H3. The van der Waals surface area contributed by atoms with Gasteiger partial charge in [-0.2, -0.15) is 11.8 Å². The molecule has 0 amide bonds. The van der Waals surface area contributed by atoms with Gasteiger partial charge in [-0.3, -0.25) is 0 Å². The van der Waals surface area contributed by atoms with Crippen LogP contribution < -0.4 is 10.6 Å². The van der Waals surface area contributed by atoms with Gasteiger partial charge in [0.05, 0.1) is 5.54 Å². The van der Waals surface area contributed by atoms with Gasteiger partial charge in [-0.1, -0.05) is 19.9 Å². The quantitative estimate of drug-likeness (QED) is 0.922. The van der Waals surface area contributed by atoms with Gasteiger partial charge in [-0.05, 0) is 42.7 Å². The Morgan fingerprint density at radius 3 is 2.65 bits per heavy atom. The molecular weight excluding hydrogens is 271 g/mol. The number of thioether (sulfide) groups is 1. The third kappa shape index (κ3) is 3.12. The predicted octanol–water partition coefficient (Wildman–Crippen LogP) is 3.51. The molecule has 2 rings (SSSR count). The fraction of sp³-hybridized carbons (Fsp3) is 0.625. The van der Waals surface area contributed by atoms with Crippen LogP contribution in [0, 0.1) is 11.2 Å². The van der Waals surface area contributed by atoms with E-state index in [1.165, 1.54) is 6.07 Å². The Labute approximate surface area is 125 Å². The number of hydrogen-bond donors (Lipinski definition) is 1. The van der Waals surface area contributed by atoms with E-state index in [2.05, 4.69) is 25.7 Å². The molecule has 0 bridgehead atoms. The number of nitrogens with zero attached hydrogens (tertiary/aromatic N) is 1.